The van der Waals surface area contributed by atoms with E-state index in [1.165, 1.54) is 104 Å². The van der Waals surface area contributed by atoms with Gasteiger partial charge in [0.1, 0.15) is 6.04 Å². The molecule has 0 saturated heterocycles. The molecule has 5 nitrogen and oxygen atoms in total. The highest BCUT2D eigenvalue weighted by molar-refractivity contribution is 5.82. The second-order valence-electron chi connectivity index (χ2n) is 8.11. The van der Waals surface area contributed by atoms with E-state index in [-0.39, 0.29) is 6.42 Å². The summed E-state index contributed by atoms with van der Waals surface area (Å²) >= 11 is 0. The Balaban J connectivity index is 3.39. The molecule has 0 radical (unpaired) electrons. The number of nitrogens with one attached hydrogen (secondary N) is 1. The number of esters is 2. The summed E-state index contributed by atoms with van der Waals surface area (Å²) in [6, 6.07) is -0.608. The number of methoxy groups -OCH3 is 2. The van der Waals surface area contributed by atoms with E-state index in [2.05, 4.69) is 17.0 Å². The third-order valence-corrected chi connectivity index (χ3v) is 5.51. The first-order valence-electron chi connectivity index (χ1n) is 12.0. The van der Waals surface area contributed by atoms with Gasteiger partial charge >= 0.3 is 11.9 Å². The summed E-state index contributed by atoms with van der Waals surface area (Å²) < 4.78 is 9.36. The van der Waals surface area contributed by atoms with E-state index in [1.807, 2.05) is 0 Å². The molecule has 29 heavy (non-hydrogen) atoms. The zero-order chi connectivity index (χ0) is 21.6. The maximum atomic E-state index is 11.7. The minimum absolute atomic E-state index is 0.0159. The molecule has 0 saturated carbocycles. The van der Waals surface area contributed by atoms with Gasteiger partial charge in [-0.25, -0.2) is 0 Å². The molecule has 0 heterocycles. The largest absolute Gasteiger partial charge is 0.469 e. The molecule has 0 aromatic heterocycles. The van der Waals surface area contributed by atoms with Crippen LogP contribution in [0.1, 0.15) is 116 Å². The van der Waals surface area contributed by atoms with Crippen molar-refractivity contribution in [2.45, 2.75) is 122 Å². The summed E-state index contributed by atoms with van der Waals surface area (Å²) in [5.74, 6) is -0.813. The Bertz CT molecular complexity index is 387. The van der Waals surface area contributed by atoms with Gasteiger partial charge in [-0.05, 0) is 13.0 Å². The van der Waals surface area contributed by atoms with E-state index in [4.69, 9.17) is 4.74 Å². The first-order chi connectivity index (χ1) is 14.2. The summed E-state index contributed by atoms with van der Waals surface area (Å²) in [4.78, 5) is 23.0. The van der Waals surface area contributed by atoms with Gasteiger partial charge in [-0.15, -0.1) is 0 Å². The Morgan fingerprint density at radius 1 is 0.655 bits per heavy atom. The normalized spacial score (nSPS) is 12.0. The van der Waals surface area contributed by atoms with E-state index >= 15 is 0 Å². The Morgan fingerprint density at radius 3 is 1.45 bits per heavy atom. The number of hydrogen-bond donors (Lipinski definition) is 1. The number of carbonyl (C=O) groups is 2. The Hall–Kier alpha value is -1.10. The highest BCUT2D eigenvalue weighted by Crippen LogP contribution is 2.13. The molecule has 0 amide bonds. The molecule has 0 fully saturated rings. The summed E-state index contributed by atoms with van der Waals surface area (Å²) in [5, 5.41) is 3.11. The van der Waals surface area contributed by atoms with Crippen LogP contribution in [0, 0.1) is 0 Å². The zero-order valence-corrected chi connectivity index (χ0v) is 19.4. The van der Waals surface area contributed by atoms with Crippen LogP contribution in [-0.2, 0) is 19.1 Å². The van der Waals surface area contributed by atoms with Crippen molar-refractivity contribution in [1.82, 2.24) is 5.32 Å². The van der Waals surface area contributed by atoms with Gasteiger partial charge in [-0.3, -0.25) is 9.59 Å². The van der Waals surface area contributed by atoms with E-state index in [1.54, 1.807) is 0 Å². The van der Waals surface area contributed by atoms with Gasteiger partial charge < -0.3 is 14.8 Å². The lowest BCUT2D eigenvalue weighted by atomic mass is 10.0. The highest BCUT2D eigenvalue weighted by atomic mass is 16.5. The van der Waals surface area contributed by atoms with Gasteiger partial charge in [0.05, 0.1) is 20.6 Å². The monoisotopic (exact) mass is 413 g/mol. The lowest BCUT2D eigenvalue weighted by molar-refractivity contribution is -0.149. The van der Waals surface area contributed by atoms with E-state index in [9.17, 15) is 9.59 Å². The molecule has 0 aliphatic carbocycles. The highest BCUT2D eigenvalue weighted by Gasteiger charge is 2.22. The van der Waals surface area contributed by atoms with Crippen molar-refractivity contribution < 1.29 is 19.1 Å². The Morgan fingerprint density at radius 2 is 1.07 bits per heavy atom. The fraction of sp³-hybridized carbons (Fsp3) is 0.917. The molecule has 0 rings (SSSR count). The molecular formula is C24H47NO4. The van der Waals surface area contributed by atoms with Gasteiger partial charge in [-0.2, -0.15) is 0 Å². The zero-order valence-electron chi connectivity index (χ0n) is 19.4. The third-order valence-electron chi connectivity index (χ3n) is 5.51. The molecule has 0 aliphatic rings. The summed E-state index contributed by atoms with van der Waals surface area (Å²) in [7, 11) is 2.66. The summed E-state index contributed by atoms with van der Waals surface area (Å²) in [6.07, 6.45) is 21.4. The molecule has 1 atom stereocenters. The van der Waals surface area contributed by atoms with Crippen LogP contribution in [0.5, 0.6) is 0 Å². The lowest BCUT2D eigenvalue weighted by Crippen LogP contribution is -2.40. The molecule has 0 spiro atoms. The Labute approximate surface area is 179 Å². The molecule has 0 unspecified atom stereocenters. The molecule has 5 heteroatoms. The van der Waals surface area contributed by atoms with Crippen molar-refractivity contribution in [1.29, 1.82) is 0 Å². The van der Waals surface area contributed by atoms with Crippen LogP contribution in [0.4, 0.5) is 0 Å². The number of rotatable bonds is 21. The minimum Gasteiger partial charge on any atom is -0.469 e. The van der Waals surface area contributed by atoms with Crippen molar-refractivity contribution >= 4 is 11.9 Å². The van der Waals surface area contributed by atoms with Gasteiger partial charge in [0.25, 0.3) is 0 Å². The lowest BCUT2D eigenvalue weighted by Gasteiger charge is -2.15. The summed E-state index contributed by atoms with van der Waals surface area (Å²) in [5.41, 5.74) is 0. The van der Waals surface area contributed by atoms with Crippen LogP contribution in [0.25, 0.3) is 0 Å². The Kier molecular flexibility index (Phi) is 20.8. The van der Waals surface area contributed by atoms with Crippen LogP contribution < -0.4 is 5.32 Å². The number of unbranched alkanes of at least 4 members (excludes halogenated alkanes) is 15. The first kappa shape index (κ1) is 27.9. The van der Waals surface area contributed by atoms with Gasteiger partial charge in [0.15, 0.2) is 0 Å². The van der Waals surface area contributed by atoms with Crippen molar-refractivity contribution in [2.24, 2.45) is 0 Å². The number of carbonyl (C=O) groups excluding carboxylic acids is 2. The standard InChI is InChI=1S/C24H47NO4/c1-4-5-6-7-8-9-10-11-12-13-14-15-16-17-18-19-20-25-22(24(27)29-3)21-23(26)28-2/h22,25H,4-21H2,1-3H3/t22-/m0/s1. The van der Waals surface area contributed by atoms with Gasteiger partial charge in [-0.1, -0.05) is 103 Å². The van der Waals surface area contributed by atoms with Crippen molar-refractivity contribution in [3.05, 3.63) is 0 Å². The van der Waals surface area contributed by atoms with E-state index < -0.39 is 18.0 Å². The van der Waals surface area contributed by atoms with Crippen molar-refractivity contribution in [3.8, 4) is 0 Å². The molecule has 0 aromatic rings. The van der Waals surface area contributed by atoms with Crippen LogP contribution in [0.15, 0.2) is 0 Å². The van der Waals surface area contributed by atoms with Crippen LogP contribution in [-0.4, -0.2) is 38.7 Å². The average Bonchev–Trinajstić information content (AvgIpc) is 2.74. The minimum atomic E-state index is -0.608. The van der Waals surface area contributed by atoms with E-state index in [0.717, 1.165) is 19.4 Å². The third kappa shape index (κ3) is 18.7. The van der Waals surface area contributed by atoms with Crippen molar-refractivity contribution in [2.75, 3.05) is 20.8 Å². The fourth-order valence-electron chi connectivity index (χ4n) is 3.58. The predicted octanol–water partition coefficient (Wildman–Crippen LogP) is 5.94. The second kappa shape index (κ2) is 21.6. The molecule has 0 aliphatic heterocycles. The number of hydrogen-bond acceptors (Lipinski definition) is 5. The molecule has 1 N–H and O–H groups in total. The van der Waals surface area contributed by atoms with Gasteiger partial charge in [0.2, 0.25) is 0 Å². The molecular weight excluding hydrogens is 366 g/mol. The topological polar surface area (TPSA) is 64.6 Å². The van der Waals surface area contributed by atoms with Gasteiger partial charge in [0, 0.05) is 0 Å². The molecule has 0 bridgehead atoms. The quantitative estimate of drug-likeness (QED) is 0.186. The van der Waals surface area contributed by atoms with Crippen LogP contribution in [0.3, 0.4) is 0 Å². The fourth-order valence-corrected chi connectivity index (χ4v) is 3.58. The van der Waals surface area contributed by atoms with E-state index in [0.29, 0.717) is 0 Å². The summed E-state index contributed by atoms with van der Waals surface area (Å²) in [6.45, 7) is 2.99. The maximum absolute atomic E-state index is 11.7. The molecule has 0 aromatic carbocycles. The number of ether oxygens (including phenoxy) is 2. The second-order valence-corrected chi connectivity index (χ2v) is 8.11. The van der Waals surface area contributed by atoms with Crippen LogP contribution in [0.2, 0.25) is 0 Å². The maximum Gasteiger partial charge on any atom is 0.323 e. The average molecular weight is 414 g/mol. The molecule has 172 valence electrons. The smallest absolute Gasteiger partial charge is 0.323 e. The van der Waals surface area contributed by atoms with Crippen LogP contribution >= 0.6 is 0 Å². The first-order valence-corrected chi connectivity index (χ1v) is 12.0. The predicted molar refractivity (Wildman–Crippen MR) is 120 cm³/mol. The van der Waals surface area contributed by atoms with Crippen molar-refractivity contribution in [3.63, 3.8) is 0 Å². The SMILES string of the molecule is CCCCCCCCCCCCCCCCCCN[C@@H](CC(=O)OC)C(=O)OC.